The number of amides is 1. The predicted octanol–water partition coefficient (Wildman–Crippen LogP) is 3.14. The third-order valence-electron chi connectivity index (χ3n) is 4.77. The molecule has 1 aromatic heterocycles. The summed E-state index contributed by atoms with van der Waals surface area (Å²) < 4.78 is 0. The van der Waals surface area contributed by atoms with Gasteiger partial charge >= 0.3 is 0 Å². The van der Waals surface area contributed by atoms with Crippen molar-refractivity contribution < 1.29 is 9.59 Å². The molecule has 1 aliphatic heterocycles. The Morgan fingerprint density at radius 1 is 1.05 bits per heavy atom. The Bertz CT molecular complexity index is 486. The van der Waals surface area contributed by atoms with E-state index < -0.39 is 0 Å². The average molecular weight is 306 g/mol. The van der Waals surface area contributed by atoms with E-state index in [4.69, 9.17) is 0 Å². The molecule has 4 nitrogen and oxygen atoms in total. The van der Waals surface area contributed by atoms with Crippen molar-refractivity contribution in [3.8, 4) is 0 Å². The lowest BCUT2D eigenvalue weighted by atomic mass is 9.86. The summed E-state index contributed by atoms with van der Waals surface area (Å²) in [5, 5.41) is 2.46. The number of nitrogens with zero attached hydrogens (tertiary/aromatic N) is 2. The molecule has 0 atom stereocenters. The Morgan fingerprint density at radius 2 is 1.76 bits per heavy atom. The minimum Gasteiger partial charge on any atom is -0.342 e. The van der Waals surface area contributed by atoms with E-state index in [2.05, 4.69) is 4.98 Å². The highest BCUT2D eigenvalue weighted by Gasteiger charge is 2.32. The minimum absolute atomic E-state index is 0.0477. The van der Waals surface area contributed by atoms with E-state index in [-0.39, 0.29) is 17.6 Å². The molecule has 2 aliphatic rings. The van der Waals surface area contributed by atoms with Gasteiger partial charge in [0.15, 0.2) is 10.8 Å². The van der Waals surface area contributed by atoms with Crippen LogP contribution in [0.4, 0.5) is 0 Å². The van der Waals surface area contributed by atoms with Crippen molar-refractivity contribution >= 4 is 23.0 Å². The van der Waals surface area contributed by atoms with Crippen LogP contribution in [-0.2, 0) is 4.79 Å². The van der Waals surface area contributed by atoms with Crippen LogP contribution in [0, 0.1) is 11.8 Å². The summed E-state index contributed by atoms with van der Waals surface area (Å²) in [6, 6.07) is 0. The monoisotopic (exact) mass is 306 g/mol. The van der Waals surface area contributed by atoms with Crippen LogP contribution in [0.3, 0.4) is 0 Å². The van der Waals surface area contributed by atoms with Crippen molar-refractivity contribution in [3.05, 3.63) is 16.6 Å². The van der Waals surface area contributed by atoms with E-state index in [1.165, 1.54) is 30.6 Å². The fourth-order valence-corrected chi connectivity index (χ4v) is 4.14. The van der Waals surface area contributed by atoms with Crippen molar-refractivity contribution in [2.45, 2.75) is 44.9 Å². The highest BCUT2D eigenvalue weighted by molar-refractivity contribution is 7.11. The molecule has 0 aromatic carbocycles. The van der Waals surface area contributed by atoms with Gasteiger partial charge in [0.1, 0.15) is 0 Å². The summed E-state index contributed by atoms with van der Waals surface area (Å²) >= 11 is 1.41. The molecule has 5 heteroatoms. The minimum atomic E-state index is 0.0477. The van der Waals surface area contributed by atoms with E-state index in [0.29, 0.717) is 10.9 Å². The first-order valence-corrected chi connectivity index (χ1v) is 8.86. The number of likely N-dealkylation sites (tertiary alicyclic amines) is 1. The van der Waals surface area contributed by atoms with Gasteiger partial charge < -0.3 is 4.90 Å². The number of carbonyl (C=O) groups excluding carboxylic acids is 2. The number of carbonyl (C=O) groups is 2. The summed E-state index contributed by atoms with van der Waals surface area (Å²) in [6.45, 7) is 1.47. The van der Waals surface area contributed by atoms with Crippen molar-refractivity contribution in [2.24, 2.45) is 11.8 Å². The maximum absolute atomic E-state index is 12.5. The third-order valence-corrected chi connectivity index (χ3v) is 5.56. The van der Waals surface area contributed by atoms with Gasteiger partial charge in [-0.15, -0.1) is 11.3 Å². The Balaban J connectivity index is 1.52. The largest absolute Gasteiger partial charge is 0.342 e. The van der Waals surface area contributed by atoms with E-state index in [0.717, 1.165) is 38.8 Å². The smallest absolute Gasteiger partial charge is 0.225 e. The zero-order chi connectivity index (χ0) is 14.7. The molecule has 1 amide bonds. The highest BCUT2D eigenvalue weighted by Crippen LogP contribution is 2.28. The van der Waals surface area contributed by atoms with Crippen LogP contribution in [0.2, 0.25) is 0 Å². The quantitative estimate of drug-likeness (QED) is 0.806. The van der Waals surface area contributed by atoms with Crippen molar-refractivity contribution in [2.75, 3.05) is 13.1 Å². The summed E-state index contributed by atoms with van der Waals surface area (Å²) in [6.07, 6.45) is 9.01. The fourth-order valence-electron chi connectivity index (χ4n) is 3.49. The molecule has 1 aliphatic carbocycles. The first-order chi connectivity index (χ1) is 10.3. The highest BCUT2D eigenvalue weighted by atomic mass is 32.1. The van der Waals surface area contributed by atoms with E-state index >= 15 is 0 Å². The summed E-state index contributed by atoms with van der Waals surface area (Å²) in [5.74, 6) is 0.779. The molecule has 114 valence electrons. The molecule has 3 rings (SSSR count). The maximum atomic E-state index is 12.5. The molecule has 2 fully saturated rings. The van der Waals surface area contributed by atoms with Crippen molar-refractivity contribution in [1.29, 1.82) is 0 Å². The summed E-state index contributed by atoms with van der Waals surface area (Å²) in [7, 11) is 0. The molecule has 0 N–H and O–H groups in total. The molecule has 0 unspecified atom stereocenters. The number of hydrogen-bond acceptors (Lipinski definition) is 4. The number of thiazole rings is 1. The molecule has 1 saturated heterocycles. The standard InChI is InChI=1S/C16H22N2O2S/c19-14(15-17-8-11-21-15)12-6-9-18(10-7-12)16(20)13-4-2-1-3-5-13/h8,11-13H,1-7,9-10H2. The molecule has 0 radical (unpaired) electrons. The van der Waals surface area contributed by atoms with Crippen LogP contribution in [0.25, 0.3) is 0 Å². The van der Waals surface area contributed by atoms with Crippen molar-refractivity contribution in [3.63, 3.8) is 0 Å². The number of Topliss-reactive ketones (excluding diaryl/α,β-unsaturated/α-hetero) is 1. The van der Waals surface area contributed by atoms with Gasteiger partial charge in [0, 0.05) is 36.5 Å². The van der Waals surface area contributed by atoms with Crippen LogP contribution in [0.1, 0.15) is 54.7 Å². The van der Waals surface area contributed by atoms with Crippen LogP contribution in [0.5, 0.6) is 0 Å². The van der Waals surface area contributed by atoms with Gasteiger partial charge in [0.25, 0.3) is 0 Å². The third kappa shape index (κ3) is 3.34. The van der Waals surface area contributed by atoms with E-state index in [9.17, 15) is 9.59 Å². The Hall–Kier alpha value is -1.23. The molecule has 21 heavy (non-hydrogen) atoms. The Morgan fingerprint density at radius 3 is 2.38 bits per heavy atom. The molecule has 1 aromatic rings. The molecular formula is C16H22N2O2S. The number of piperidine rings is 1. The van der Waals surface area contributed by atoms with Gasteiger partial charge in [-0.2, -0.15) is 0 Å². The lowest BCUT2D eigenvalue weighted by Crippen LogP contribution is -2.43. The Labute approximate surface area is 129 Å². The first-order valence-electron chi connectivity index (χ1n) is 7.98. The number of hydrogen-bond donors (Lipinski definition) is 0. The molecule has 2 heterocycles. The molecule has 0 spiro atoms. The molecular weight excluding hydrogens is 284 g/mol. The number of ketones is 1. The molecule has 1 saturated carbocycles. The first kappa shape index (κ1) is 14.7. The van der Waals surface area contributed by atoms with Gasteiger partial charge in [0.2, 0.25) is 5.91 Å². The second-order valence-electron chi connectivity index (χ2n) is 6.14. The van der Waals surface area contributed by atoms with Crippen molar-refractivity contribution in [1.82, 2.24) is 9.88 Å². The zero-order valence-corrected chi connectivity index (χ0v) is 13.1. The number of aromatic nitrogens is 1. The Kier molecular flexibility index (Phi) is 4.68. The maximum Gasteiger partial charge on any atom is 0.225 e. The van der Waals surface area contributed by atoms with Gasteiger partial charge in [-0.25, -0.2) is 4.98 Å². The lowest BCUT2D eigenvalue weighted by molar-refractivity contribution is -0.137. The summed E-state index contributed by atoms with van der Waals surface area (Å²) in [4.78, 5) is 30.9. The average Bonchev–Trinajstić information content (AvgIpc) is 3.09. The number of rotatable bonds is 3. The van der Waals surface area contributed by atoms with E-state index in [1.807, 2.05) is 10.3 Å². The second-order valence-corrected chi connectivity index (χ2v) is 7.03. The van der Waals surface area contributed by atoms with Crippen LogP contribution >= 0.6 is 11.3 Å². The predicted molar refractivity (Wildman–Crippen MR) is 82.3 cm³/mol. The van der Waals surface area contributed by atoms with Gasteiger partial charge in [0.05, 0.1) is 0 Å². The van der Waals surface area contributed by atoms with Gasteiger partial charge in [-0.05, 0) is 25.7 Å². The topological polar surface area (TPSA) is 50.3 Å². The van der Waals surface area contributed by atoms with Crippen LogP contribution < -0.4 is 0 Å². The van der Waals surface area contributed by atoms with Gasteiger partial charge in [-0.3, -0.25) is 9.59 Å². The van der Waals surface area contributed by atoms with Crippen LogP contribution in [-0.4, -0.2) is 34.7 Å². The lowest BCUT2D eigenvalue weighted by Gasteiger charge is -2.34. The van der Waals surface area contributed by atoms with Crippen LogP contribution in [0.15, 0.2) is 11.6 Å². The SMILES string of the molecule is O=C(c1nccs1)C1CCN(C(=O)C2CCCCC2)CC1. The fraction of sp³-hybridized carbons (Fsp3) is 0.688. The van der Waals surface area contributed by atoms with E-state index in [1.54, 1.807) is 6.20 Å². The van der Waals surface area contributed by atoms with Gasteiger partial charge in [-0.1, -0.05) is 19.3 Å². The second kappa shape index (κ2) is 6.69. The zero-order valence-electron chi connectivity index (χ0n) is 12.3. The summed E-state index contributed by atoms with van der Waals surface area (Å²) in [5.41, 5.74) is 0. The normalized spacial score (nSPS) is 21.4. The molecule has 0 bridgehead atoms.